The SMILES string of the molecule is O=[N+]([O-])c1cc(Br)c(OCC2CCCNC2)c(Br)c1. The van der Waals surface area contributed by atoms with E-state index >= 15 is 0 Å². The van der Waals surface area contributed by atoms with Crippen LogP contribution in [0.5, 0.6) is 5.75 Å². The summed E-state index contributed by atoms with van der Waals surface area (Å²) >= 11 is 6.63. The molecule has 0 aliphatic carbocycles. The number of nitrogens with one attached hydrogen (secondary N) is 1. The molecule has 7 heteroatoms. The summed E-state index contributed by atoms with van der Waals surface area (Å²) in [5, 5.41) is 14.1. The Hall–Kier alpha value is -0.660. The molecule has 1 heterocycles. The average molecular weight is 394 g/mol. The van der Waals surface area contributed by atoms with Crippen molar-refractivity contribution >= 4 is 37.5 Å². The number of nitrogens with zero attached hydrogens (tertiary/aromatic N) is 1. The third-order valence-electron chi connectivity index (χ3n) is 3.06. The fourth-order valence-electron chi connectivity index (χ4n) is 2.06. The Morgan fingerprint density at radius 3 is 2.63 bits per heavy atom. The number of benzene rings is 1. The first kappa shape index (κ1) is 14.7. The zero-order chi connectivity index (χ0) is 13.8. The topological polar surface area (TPSA) is 64.4 Å². The lowest BCUT2D eigenvalue weighted by molar-refractivity contribution is -0.385. The highest BCUT2D eigenvalue weighted by atomic mass is 79.9. The summed E-state index contributed by atoms with van der Waals surface area (Å²) in [5.41, 5.74) is 0.0328. The highest BCUT2D eigenvalue weighted by molar-refractivity contribution is 9.11. The number of non-ortho nitro benzene ring substituents is 1. The number of nitro benzene ring substituents is 1. The Morgan fingerprint density at radius 2 is 2.11 bits per heavy atom. The quantitative estimate of drug-likeness (QED) is 0.628. The van der Waals surface area contributed by atoms with E-state index in [2.05, 4.69) is 37.2 Å². The molecule has 1 aromatic carbocycles. The highest BCUT2D eigenvalue weighted by Gasteiger charge is 2.18. The number of nitro groups is 1. The van der Waals surface area contributed by atoms with Crippen LogP contribution in [0.1, 0.15) is 12.8 Å². The Bertz CT molecular complexity index is 453. The van der Waals surface area contributed by atoms with E-state index in [1.807, 2.05) is 0 Å². The summed E-state index contributed by atoms with van der Waals surface area (Å²) in [4.78, 5) is 10.3. The summed E-state index contributed by atoms with van der Waals surface area (Å²) in [6, 6.07) is 2.92. The van der Waals surface area contributed by atoms with E-state index < -0.39 is 4.92 Å². The molecule has 0 saturated carbocycles. The molecule has 1 fully saturated rings. The van der Waals surface area contributed by atoms with Crippen molar-refractivity contribution in [3.63, 3.8) is 0 Å². The third kappa shape index (κ3) is 3.90. The third-order valence-corrected chi connectivity index (χ3v) is 4.23. The molecule has 1 aliphatic rings. The molecular weight excluding hydrogens is 380 g/mol. The first-order valence-electron chi connectivity index (χ1n) is 6.05. The van der Waals surface area contributed by atoms with E-state index in [9.17, 15) is 10.1 Å². The Labute approximate surface area is 128 Å². The molecule has 1 saturated heterocycles. The second-order valence-electron chi connectivity index (χ2n) is 4.52. The summed E-state index contributed by atoms with van der Waals surface area (Å²) in [6.45, 7) is 2.64. The lowest BCUT2D eigenvalue weighted by atomic mass is 10.0. The van der Waals surface area contributed by atoms with Crippen LogP contribution >= 0.6 is 31.9 Å². The van der Waals surface area contributed by atoms with E-state index in [0.29, 0.717) is 27.2 Å². The van der Waals surface area contributed by atoms with Gasteiger partial charge in [0.2, 0.25) is 0 Å². The van der Waals surface area contributed by atoms with Crippen molar-refractivity contribution in [1.82, 2.24) is 5.32 Å². The summed E-state index contributed by atoms with van der Waals surface area (Å²) in [6.07, 6.45) is 2.31. The van der Waals surface area contributed by atoms with Gasteiger partial charge in [0.1, 0.15) is 5.75 Å². The van der Waals surface area contributed by atoms with Gasteiger partial charge in [0.25, 0.3) is 5.69 Å². The maximum Gasteiger partial charge on any atom is 0.271 e. The summed E-state index contributed by atoms with van der Waals surface area (Å²) < 4.78 is 6.97. The van der Waals surface area contributed by atoms with Crippen molar-refractivity contribution in [2.75, 3.05) is 19.7 Å². The molecule has 0 amide bonds. The number of piperidine rings is 1. The standard InChI is InChI=1S/C12H14Br2N2O3/c13-10-4-9(16(17)18)5-11(14)12(10)19-7-8-2-1-3-15-6-8/h4-5,8,15H,1-3,6-7H2. The fourth-order valence-corrected chi connectivity index (χ4v) is 3.45. The molecule has 104 valence electrons. The van der Waals surface area contributed by atoms with E-state index in [-0.39, 0.29) is 5.69 Å². The number of hydrogen-bond acceptors (Lipinski definition) is 4. The van der Waals surface area contributed by atoms with Gasteiger partial charge in [-0.25, -0.2) is 0 Å². The molecule has 19 heavy (non-hydrogen) atoms. The number of hydrogen-bond donors (Lipinski definition) is 1. The van der Waals surface area contributed by atoms with Crippen molar-refractivity contribution in [2.24, 2.45) is 5.92 Å². The maximum atomic E-state index is 10.7. The van der Waals surface area contributed by atoms with Crippen LogP contribution in [0.25, 0.3) is 0 Å². The minimum absolute atomic E-state index is 0.0328. The molecule has 0 aromatic heterocycles. The van der Waals surface area contributed by atoms with Crippen molar-refractivity contribution in [2.45, 2.75) is 12.8 Å². The van der Waals surface area contributed by atoms with Crippen LogP contribution in [0.2, 0.25) is 0 Å². The first-order chi connectivity index (χ1) is 9.08. The predicted molar refractivity (Wildman–Crippen MR) is 79.6 cm³/mol. The first-order valence-corrected chi connectivity index (χ1v) is 7.63. The highest BCUT2D eigenvalue weighted by Crippen LogP contribution is 2.37. The zero-order valence-electron chi connectivity index (χ0n) is 10.2. The molecule has 1 aliphatic heterocycles. The smallest absolute Gasteiger partial charge is 0.271 e. The van der Waals surface area contributed by atoms with E-state index in [4.69, 9.17) is 4.74 Å². The van der Waals surface area contributed by atoms with Gasteiger partial charge < -0.3 is 10.1 Å². The number of ether oxygens (including phenoxy) is 1. The number of rotatable bonds is 4. The molecule has 1 aromatic rings. The van der Waals surface area contributed by atoms with E-state index in [0.717, 1.165) is 25.9 Å². The van der Waals surface area contributed by atoms with Crippen LogP contribution in [-0.2, 0) is 0 Å². The van der Waals surface area contributed by atoms with Crippen LogP contribution in [-0.4, -0.2) is 24.6 Å². The molecule has 5 nitrogen and oxygen atoms in total. The van der Waals surface area contributed by atoms with E-state index in [1.165, 1.54) is 12.1 Å². The van der Waals surface area contributed by atoms with Gasteiger partial charge in [-0.1, -0.05) is 0 Å². The molecule has 1 atom stereocenters. The predicted octanol–water partition coefficient (Wildman–Crippen LogP) is 3.50. The lowest BCUT2D eigenvalue weighted by Crippen LogP contribution is -2.33. The van der Waals surface area contributed by atoms with Gasteiger partial charge in [0.15, 0.2) is 0 Å². The van der Waals surface area contributed by atoms with Crippen LogP contribution in [0, 0.1) is 16.0 Å². The van der Waals surface area contributed by atoms with Crippen molar-refractivity contribution in [1.29, 1.82) is 0 Å². The van der Waals surface area contributed by atoms with Crippen LogP contribution < -0.4 is 10.1 Å². The minimum Gasteiger partial charge on any atom is -0.491 e. The molecule has 2 rings (SSSR count). The van der Waals surface area contributed by atoms with Gasteiger partial charge in [-0.2, -0.15) is 0 Å². The van der Waals surface area contributed by atoms with Crippen LogP contribution in [0.15, 0.2) is 21.1 Å². The van der Waals surface area contributed by atoms with Crippen molar-refractivity contribution in [3.8, 4) is 5.75 Å². The molecule has 1 N–H and O–H groups in total. The van der Waals surface area contributed by atoms with Gasteiger partial charge in [-0.05, 0) is 51.2 Å². The Kier molecular flexibility index (Phi) is 5.18. The van der Waals surface area contributed by atoms with Gasteiger partial charge >= 0.3 is 0 Å². The normalized spacial score (nSPS) is 19.2. The lowest BCUT2D eigenvalue weighted by Gasteiger charge is -2.23. The molecule has 0 radical (unpaired) electrons. The van der Waals surface area contributed by atoms with Crippen molar-refractivity contribution < 1.29 is 9.66 Å². The second kappa shape index (κ2) is 6.67. The fraction of sp³-hybridized carbons (Fsp3) is 0.500. The molecular formula is C12H14Br2N2O3. The largest absolute Gasteiger partial charge is 0.491 e. The van der Waals surface area contributed by atoms with Crippen molar-refractivity contribution in [3.05, 3.63) is 31.2 Å². The average Bonchev–Trinajstić information content (AvgIpc) is 2.38. The van der Waals surface area contributed by atoms with E-state index in [1.54, 1.807) is 0 Å². The second-order valence-corrected chi connectivity index (χ2v) is 6.23. The van der Waals surface area contributed by atoms with Crippen LogP contribution in [0.4, 0.5) is 5.69 Å². The minimum atomic E-state index is -0.426. The van der Waals surface area contributed by atoms with Crippen LogP contribution in [0.3, 0.4) is 0 Å². The van der Waals surface area contributed by atoms with Gasteiger partial charge in [-0.15, -0.1) is 0 Å². The van der Waals surface area contributed by atoms with Gasteiger partial charge in [-0.3, -0.25) is 10.1 Å². The van der Waals surface area contributed by atoms with Gasteiger partial charge in [0.05, 0.1) is 20.5 Å². The zero-order valence-corrected chi connectivity index (χ0v) is 13.4. The summed E-state index contributed by atoms with van der Waals surface area (Å²) in [5.74, 6) is 1.11. The Morgan fingerprint density at radius 1 is 1.42 bits per heavy atom. The molecule has 0 spiro atoms. The molecule has 1 unspecified atom stereocenters. The van der Waals surface area contributed by atoms with Gasteiger partial charge in [0, 0.05) is 24.6 Å². The maximum absolute atomic E-state index is 10.7. The number of halogens is 2. The Balaban J connectivity index is 2.05. The monoisotopic (exact) mass is 392 g/mol. The molecule has 0 bridgehead atoms. The summed E-state index contributed by atoms with van der Waals surface area (Å²) in [7, 11) is 0.